The molecule has 0 saturated carbocycles. The summed E-state index contributed by atoms with van der Waals surface area (Å²) in [6, 6.07) is 0.633. The molecule has 0 spiro atoms. The molecule has 1 atom stereocenters. The Morgan fingerprint density at radius 1 is 1.73 bits per heavy atom. The van der Waals surface area contributed by atoms with E-state index in [0.29, 0.717) is 11.9 Å². The first-order valence-corrected chi connectivity index (χ1v) is 4.17. The van der Waals surface area contributed by atoms with Crippen LogP contribution in [0.4, 0.5) is 0 Å². The van der Waals surface area contributed by atoms with Crippen LogP contribution in [0, 0.1) is 0 Å². The van der Waals surface area contributed by atoms with Crippen LogP contribution in [-0.2, 0) is 0 Å². The molecular formula is C8H17N3. The molecule has 0 aromatic heterocycles. The molecule has 0 aromatic carbocycles. The molecule has 1 aliphatic heterocycles. The lowest BCUT2D eigenvalue weighted by Gasteiger charge is -2.16. The zero-order chi connectivity index (χ0) is 8.27. The highest BCUT2D eigenvalue weighted by atomic mass is 15.2. The molecule has 1 saturated heterocycles. The first-order valence-electron chi connectivity index (χ1n) is 4.17. The molecule has 0 aliphatic carbocycles. The number of hydrogen-bond acceptors (Lipinski definition) is 2. The van der Waals surface area contributed by atoms with Gasteiger partial charge in [0.2, 0.25) is 0 Å². The van der Waals surface area contributed by atoms with Crippen LogP contribution in [0.3, 0.4) is 0 Å². The SMILES string of the molecule is CC(N)=NCC1CCCN1C. The molecule has 2 N–H and O–H groups in total. The Morgan fingerprint density at radius 3 is 2.91 bits per heavy atom. The fourth-order valence-corrected chi connectivity index (χ4v) is 1.46. The predicted molar refractivity (Wildman–Crippen MR) is 47.8 cm³/mol. The molecule has 0 amide bonds. The van der Waals surface area contributed by atoms with Crippen LogP contribution in [0.5, 0.6) is 0 Å². The molecule has 1 fully saturated rings. The monoisotopic (exact) mass is 155 g/mol. The highest BCUT2D eigenvalue weighted by Crippen LogP contribution is 2.14. The average molecular weight is 155 g/mol. The molecule has 1 heterocycles. The van der Waals surface area contributed by atoms with Crippen LogP contribution in [0.15, 0.2) is 4.99 Å². The summed E-state index contributed by atoms with van der Waals surface area (Å²) in [5.74, 6) is 0.699. The van der Waals surface area contributed by atoms with Gasteiger partial charge in [-0.1, -0.05) is 0 Å². The van der Waals surface area contributed by atoms with Gasteiger partial charge in [0.15, 0.2) is 0 Å². The maximum absolute atomic E-state index is 5.45. The number of amidine groups is 1. The van der Waals surface area contributed by atoms with E-state index in [1.807, 2.05) is 6.92 Å². The minimum Gasteiger partial charge on any atom is -0.388 e. The quantitative estimate of drug-likeness (QED) is 0.465. The summed E-state index contributed by atoms with van der Waals surface area (Å²) in [5.41, 5.74) is 5.45. The predicted octanol–water partition coefficient (Wildman–Crippen LogP) is 0.458. The normalized spacial score (nSPS) is 27.8. The highest BCUT2D eigenvalue weighted by Gasteiger charge is 2.19. The second-order valence-electron chi connectivity index (χ2n) is 3.26. The Morgan fingerprint density at radius 2 is 2.45 bits per heavy atom. The van der Waals surface area contributed by atoms with E-state index in [1.54, 1.807) is 0 Å². The third kappa shape index (κ3) is 2.50. The van der Waals surface area contributed by atoms with Gasteiger partial charge < -0.3 is 10.6 Å². The van der Waals surface area contributed by atoms with Gasteiger partial charge in [0.1, 0.15) is 0 Å². The van der Waals surface area contributed by atoms with Crippen molar-refractivity contribution in [2.75, 3.05) is 20.1 Å². The van der Waals surface area contributed by atoms with Crippen molar-refractivity contribution in [2.45, 2.75) is 25.8 Å². The van der Waals surface area contributed by atoms with Crippen LogP contribution in [0.25, 0.3) is 0 Å². The van der Waals surface area contributed by atoms with Crippen molar-refractivity contribution in [2.24, 2.45) is 10.7 Å². The summed E-state index contributed by atoms with van der Waals surface area (Å²) in [4.78, 5) is 6.56. The van der Waals surface area contributed by atoms with Crippen LogP contribution < -0.4 is 5.73 Å². The number of hydrogen-bond donors (Lipinski definition) is 1. The number of likely N-dealkylation sites (N-methyl/N-ethyl adjacent to an activating group) is 1. The number of aliphatic imine (C=N–C) groups is 1. The van der Waals surface area contributed by atoms with Crippen molar-refractivity contribution in [1.29, 1.82) is 0 Å². The van der Waals surface area contributed by atoms with Crippen molar-refractivity contribution in [3.63, 3.8) is 0 Å². The van der Waals surface area contributed by atoms with Gasteiger partial charge in [-0.2, -0.15) is 0 Å². The molecular weight excluding hydrogens is 138 g/mol. The van der Waals surface area contributed by atoms with Gasteiger partial charge in [-0.05, 0) is 33.4 Å². The van der Waals surface area contributed by atoms with Crippen LogP contribution in [0.1, 0.15) is 19.8 Å². The highest BCUT2D eigenvalue weighted by molar-refractivity contribution is 5.77. The molecule has 1 unspecified atom stereocenters. The second-order valence-corrected chi connectivity index (χ2v) is 3.26. The number of nitrogens with two attached hydrogens (primary N) is 1. The number of rotatable bonds is 2. The fourth-order valence-electron chi connectivity index (χ4n) is 1.46. The Labute approximate surface area is 68.3 Å². The van der Waals surface area contributed by atoms with E-state index in [9.17, 15) is 0 Å². The summed E-state index contributed by atoms with van der Waals surface area (Å²) in [6.45, 7) is 3.93. The lowest BCUT2D eigenvalue weighted by molar-refractivity contribution is 0.317. The molecule has 1 aliphatic rings. The van der Waals surface area contributed by atoms with E-state index in [2.05, 4.69) is 16.9 Å². The lowest BCUT2D eigenvalue weighted by Crippen LogP contribution is -2.28. The Bertz CT molecular complexity index is 149. The maximum atomic E-state index is 5.45. The van der Waals surface area contributed by atoms with Gasteiger partial charge in [-0.25, -0.2) is 0 Å². The summed E-state index contributed by atoms with van der Waals surface area (Å²) in [5, 5.41) is 0. The van der Waals surface area contributed by atoms with E-state index in [1.165, 1.54) is 19.4 Å². The molecule has 3 nitrogen and oxygen atoms in total. The number of nitrogens with zero attached hydrogens (tertiary/aromatic N) is 2. The second kappa shape index (κ2) is 3.72. The average Bonchev–Trinajstić information content (AvgIpc) is 2.31. The number of likely N-dealkylation sites (tertiary alicyclic amines) is 1. The first-order chi connectivity index (χ1) is 5.20. The van der Waals surface area contributed by atoms with E-state index < -0.39 is 0 Å². The Hall–Kier alpha value is -0.570. The van der Waals surface area contributed by atoms with Gasteiger partial charge in [0.05, 0.1) is 12.4 Å². The lowest BCUT2D eigenvalue weighted by atomic mass is 10.2. The van der Waals surface area contributed by atoms with Crippen molar-refractivity contribution in [3.05, 3.63) is 0 Å². The van der Waals surface area contributed by atoms with Crippen molar-refractivity contribution in [3.8, 4) is 0 Å². The first kappa shape index (κ1) is 8.53. The molecule has 0 bridgehead atoms. The van der Waals surface area contributed by atoms with E-state index >= 15 is 0 Å². The molecule has 64 valence electrons. The third-order valence-electron chi connectivity index (χ3n) is 2.22. The third-order valence-corrected chi connectivity index (χ3v) is 2.22. The van der Waals surface area contributed by atoms with Crippen LogP contribution in [0.2, 0.25) is 0 Å². The smallest absolute Gasteiger partial charge is 0.0906 e. The van der Waals surface area contributed by atoms with Gasteiger partial charge in [-0.15, -0.1) is 0 Å². The van der Waals surface area contributed by atoms with Crippen LogP contribution in [-0.4, -0.2) is 36.9 Å². The van der Waals surface area contributed by atoms with E-state index in [0.717, 1.165) is 6.54 Å². The minimum absolute atomic E-state index is 0.633. The molecule has 0 radical (unpaired) electrons. The zero-order valence-corrected chi connectivity index (χ0v) is 7.38. The summed E-state index contributed by atoms with van der Waals surface area (Å²) < 4.78 is 0. The van der Waals surface area contributed by atoms with Crippen LogP contribution >= 0.6 is 0 Å². The minimum atomic E-state index is 0.633. The molecule has 11 heavy (non-hydrogen) atoms. The summed E-state index contributed by atoms with van der Waals surface area (Å²) in [7, 11) is 2.15. The summed E-state index contributed by atoms with van der Waals surface area (Å²) >= 11 is 0. The van der Waals surface area contributed by atoms with Crippen molar-refractivity contribution < 1.29 is 0 Å². The van der Waals surface area contributed by atoms with E-state index in [-0.39, 0.29) is 0 Å². The maximum Gasteiger partial charge on any atom is 0.0906 e. The molecule has 0 aromatic rings. The summed E-state index contributed by atoms with van der Waals surface area (Å²) in [6.07, 6.45) is 2.58. The Kier molecular flexibility index (Phi) is 2.88. The van der Waals surface area contributed by atoms with Crippen molar-refractivity contribution in [1.82, 2.24) is 4.90 Å². The van der Waals surface area contributed by atoms with Gasteiger partial charge in [0.25, 0.3) is 0 Å². The largest absolute Gasteiger partial charge is 0.388 e. The topological polar surface area (TPSA) is 41.6 Å². The van der Waals surface area contributed by atoms with Gasteiger partial charge >= 0.3 is 0 Å². The fraction of sp³-hybridized carbons (Fsp3) is 0.875. The standard InChI is InChI=1S/C8H17N3/c1-7(9)10-6-8-4-3-5-11(8)2/h8H,3-6H2,1-2H3,(H2,9,10). The van der Waals surface area contributed by atoms with Crippen molar-refractivity contribution >= 4 is 5.84 Å². The van der Waals surface area contributed by atoms with Gasteiger partial charge in [-0.3, -0.25) is 4.99 Å². The molecule has 3 heteroatoms. The van der Waals surface area contributed by atoms with E-state index in [4.69, 9.17) is 5.73 Å². The zero-order valence-electron chi connectivity index (χ0n) is 7.38. The Balaban J connectivity index is 2.31. The molecule has 1 rings (SSSR count). The van der Waals surface area contributed by atoms with Gasteiger partial charge in [0, 0.05) is 6.04 Å².